The fourth-order valence-electron chi connectivity index (χ4n) is 1.93. The Morgan fingerprint density at radius 2 is 1.62 bits per heavy atom. The Labute approximate surface area is 101 Å². The highest BCUT2D eigenvalue weighted by Gasteiger charge is 2.36. The van der Waals surface area contributed by atoms with Crippen molar-refractivity contribution >= 4 is 0 Å². The molecule has 92 valence electrons. The fraction of sp³-hybridized carbons (Fsp3) is 0.867. The third-order valence-electron chi connectivity index (χ3n) is 3.11. The number of hydrogen-bond acceptors (Lipinski definition) is 1. The van der Waals surface area contributed by atoms with Crippen LogP contribution in [-0.4, -0.2) is 12.2 Å². The van der Waals surface area contributed by atoms with E-state index in [-0.39, 0.29) is 0 Å². The van der Waals surface area contributed by atoms with Gasteiger partial charge in [-0.1, -0.05) is 46.0 Å². The summed E-state index contributed by atoms with van der Waals surface area (Å²) in [7, 11) is 0. The van der Waals surface area contributed by atoms with Crippen LogP contribution in [0.4, 0.5) is 0 Å². The van der Waals surface area contributed by atoms with E-state index < -0.39 is 0 Å². The van der Waals surface area contributed by atoms with Crippen molar-refractivity contribution in [2.45, 2.75) is 83.8 Å². The van der Waals surface area contributed by atoms with Crippen molar-refractivity contribution in [2.75, 3.05) is 0 Å². The molecule has 16 heavy (non-hydrogen) atoms. The van der Waals surface area contributed by atoms with Crippen molar-refractivity contribution in [1.82, 2.24) is 0 Å². The molecular formula is C15H26O. The van der Waals surface area contributed by atoms with E-state index in [0.717, 1.165) is 12.8 Å². The molecule has 1 aliphatic rings. The minimum Gasteiger partial charge on any atom is -0.369 e. The topological polar surface area (TPSA) is 12.5 Å². The van der Waals surface area contributed by atoms with Gasteiger partial charge in [0.05, 0.1) is 12.2 Å². The average molecular weight is 222 g/mol. The molecule has 0 spiro atoms. The first-order valence-electron chi connectivity index (χ1n) is 6.99. The van der Waals surface area contributed by atoms with Gasteiger partial charge in [-0.25, -0.2) is 0 Å². The van der Waals surface area contributed by atoms with Gasteiger partial charge in [-0.15, -0.1) is 11.8 Å². The molecule has 1 heteroatoms. The minimum atomic E-state index is 0.468. The normalized spacial score (nSPS) is 22.6. The van der Waals surface area contributed by atoms with Gasteiger partial charge in [0, 0.05) is 12.8 Å². The van der Waals surface area contributed by atoms with Gasteiger partial charge in [0.1, 0.15) is 0 Å². The lowest BCUT2D eigenvalue weighted by Gasteiger charge is -1.92. The Bertz CT molecular complexity index is 223. The zero-order valence-corrected chi connectivity index (χ0v) is 10.9. The average Bonchev–Trinajstić information content (AvgIpc) is 3.03. The minimum absolute atomic E-state index is 0.468. The molecule has 0 bridgehead atoms. The Morgan fingerprint density at radius 3 is 2.38 bits per heavy atom. The van der Waals surface area contributed by atoms with Crippen LogP contribution < -0.4 is 0 Å². The van der Waals surface area contributed by atoms with Gasteiger partial charge in [-0.2, -0.15) is 0 Å². The van der Waals surface area contributed by atoms with Crippen LogP contribution in [0.3, 0.4) is 0 Å². The van der Waals surface area contributed by atoms with E-state index in [2.05, 4.69) is 25.7 Å². The summed E-state index contributed by atoms with van der Waals surface area (Å²) in [5.41, 5.74) is 0. The van der Waals surface area contributed by atoms with Gasteiger partial charge in [0.15, 0.2) is 0 Å². The van der Waals surface area contributed by atoms with E-state index in [0.29, 0.717) is 12.2 Å². The zero-order chi connectivity index (χ0) is 11.6. The van der Waals surface area contributed by atoms with E-state index in [9.17, 15) is 0 Å². The summed E-state index contributed by atoms with van der Waals surface area (Å²) >= 11 is 0. The van der Waals surface area contributed by atoms with Crippen LogP contribution in [0.1, 0.15) is 71.6 Å². The summed E-state index contributed by atoms with van der Waals surface area (Å²) in [5, 5.41) is 0. The largest absolute Gasteiger partial charge is 0.369 e. The van der Waals surface area contributed by atoms with Gasteiger partial charge < -0.3 is 4.74 Å². The zero-order valence-electron chi connectivity index (χ0n) is 10.9. The first kappa shape index (κ1) is 13.6. The van der Waals surface area contributed by atoms with Crippen molar-refractivity contribution < 1.29 is 4.74 Å². The molecule has 0 aliphatic carbocycles. The molecule has 1 aliphatic heterocycles. The highest BCUT2D eigenvalue weighted by molar-refractivity contribution is 5.04. The van der Waals surface area contributed by atoms with E-state index in [1.54, 1.807) is 0 Å². The quantitative estimate of drug-likeness (QED) is 0.339. The van der Waals surface area contributed by atoms with Crippen molar-refractivity contribution in [3.8, 4) is 11.8 Å². The number of rotatable bonds is 8. The summed E-state index contributed by atoms with van der Waals surface area (Å²) in [6, 6.07) is 0. The van der Waals surface area contributed by atoms with Crippen molar-refractivity contribution in [3.05, 3.63) is 0 Å². The summed E-state index contributed by atoms with van der Waals surface area (Å²) in [6.45, 7) is 4.47. The standard InChI is InChI=1S/C15H26O/c1-3-5-7-8-9-11-13-15-14(16-15)12-10-6-4-2/h14-15H,3-8,10,12-13H2,1-2H3/t14-,15+/m0/s1. The van der Waals surface area contributed by atoms with E-state index in [1.807, 2.05) is 0 Å². The molecule has 1 saturated heterocycles. The molecule has 2 atom stereocenters. The molecule has 0 aromatic rings. The first-order chi connectivity index (χ1) is 7.88. The molecule has 1 fully saturated rings. The van der Waals surface area contributed by atoms with Gasteiger partial charge in [-0.05, 0) is 12.8 Å². The Kier molecular flexibility index (Phi) is 7.34. The maximum absolute atomic E-state index is 5.59. The molecule has 1 heterocycles. The van der Waals surface area contributed by atoms with Gasteiger partial charge >= 0.3 is 0 Å². The second-order valence-electron chi connectivity index (χ2n) is 4.72. The van der Waals surface area contributed by atoms with Crippen LogP contribution in [0, 0.1) is 11.8 Å². The van der Waals surface area contributed by atoms with Gasteiger partial charge in [0.25, 0.3) is 0 Å². The number of ether oxygens (including phenoxy) is 1. The van der Waals surface area contributed by atoms with Gasteiger partial charge in [0.2, 0.25) is 0 Å². The lowest BCUT2D eigenvalue weighted by Crippen LogP contribution is -1.92. The monoisotopic (exact) mass is 222 g/mol. The number of hydrogen-bond donors (Lipinski definition) is 0. The summed E-state index contributed by atoms with van der Waals surface area (Å²) in [6.07, 6.45) is 12.1. The third-order valence-corrected chi connectivity index (χ3v) is 3.11. The molecule has 1 rings (SSSR count). The Balaban J connectivity index is 1.91. The smallest absolute Gasteiger partial charge is 0.0950 e. The van der Waals surface area contributed by atoms with Crippen LogP contribution in [0.2, 0.25) is 0 Å². The maximum Gasteiger partial charge on any atom is 0.0950 e. The van der Waals surface area contributed by atoms with Gasteiger partial charge in [-0.3, -0.25) is 0 Å². The summed E-state index contributed by atoms with van der Waals surface area (Å²) < 4.78 is 5.59. The van der Waals surface area contributed by atoms with E-state index in [1.165, 1.54) is 44.9 Å². The van der Waals surface area contributed by atoms with E-state index in [4.69, 9.17) is 4.74 Å². The molecule has 0 radical (unpaired) electrons. The molecule has 0 saturated carbocycles. The van der Waals surface area contributed by atoms with Crippen molar-refractivity contribution in [2.24, 2.45) is 0 Å². The Morgan fingerprint density at radius 1 is 0.875 bits per heavy atom. The fourth-order valence-corrected chi connectivity index (χ4v) is 1.93. The lowest BCUT2D eigenvalue weighted by molar-refractivity contribution is 0.360. The maximum atomic E-state index is 5.59. The Hall–Kier alpha value is -0.480. The first-order valence-corrected chi connectivity index (χ1v) is 6.99. The highest BCUT2D eigenvalue weighted by atomic mass is 16.6. The molecular weight excluding hydrogens is 196 g/mol. The van der Waals surface area contributed by atoms with Crippen molar-refractivity contribution in [3.63, 3.8) is 0 Å². The van der Waals surface area contributed by atoms with Crippen molar-refractivity contribution in [1.29, 1.82) is 0 Å². The molecule has 0 unspecified atom stereocenters. The second-order valence-corrected chi connectivity index (χ2v) is 4.72. The van der Waals surface area contributed by atoms with Crippen LogP contribution in [0.25, 0.3) is 0 Å². The summed E-state index contributed by atoms with van der Waals surface area (Å²) in [5.74, 6) is 6.50. The number of unbranched alkanes of at least 4 members (excludes halogenated alkanes) is 5. The number of epoxide rings is 1. The van der Waals surface area contributed by atoms with Crippen LogP contribution in [0.5, 0.6) is 0 Å². The SMILES string of the molecule is CCCCCC#CC[C@H]1O[C@H]1CCCCC. The van der Waals surface area contributed by atoms with Crippen LogP contribution in [0.15, 0.2) is 0 Å². The highest BCUT2D eigenvalue weighted by Crippen LogP contribution is 2.29. The predicted octanol–water partition coefficient (Wildman–Crippen LogP) is 4.31. The van der Waals surface area contributed by atoms with Crippen LogP contribution in [-0.2, 0) is 4.74 Å². The molecule has 0 aromatic carbocycles. The third kappa shape index (κ3) is 6.18. The molecule has 0 amide bonds. The predicted molar refractivity (Wildman–Crippen MR) is 69.3 cm³/mol. The molecule has 0 aromatic heterocycles. The lowest BCUT2D eigenvalue weighted by atomic mass is 10.1. The van der Waals surface area contributed by atoms with E-state index >= 15 is 0 Å². The molecule has 1 nitrogen and oxygen atoms in total. The second kappa shape index (κ2) is 8.65. The summed E-state index contributed by atoms with van der Waals surface area (Å²) in [4.78, 5) is 0. The van der Waals surface area contributed by atoms with Crippen LogP contribution >= 0.6 is 0 Å². The molecule has 0 N–H and O–H groups in total.